The summed E-state index contributed by atoms with van der Waals surface area (Å²) in [5.74, 6) is 0. The first-order valence-corrected chi connectivity index (χ1v) is 6.06. The summed E-state index contributed by atoms with van der Waals surface area (Å²) >= 11 is -3.87. The van der Waals surface area contributed by atoms with E-state index in [2.05, 4.69) is -2.61 Å². The molecule has 0 amide bonds. The van der Waals surface area contributed by atoms with Gasteiger partial charge in [0.15, 0.2) is 0 Å². The first-order chi connectivity index (χ1) is 2.41. The summed E-state index contributed by atoms with van der Waals surface area (Å²) in [5.41, 5.74) is 0. The SMILES string of the molecule is [O]=[Nd][O][Nd]=[O]. The Labute approximate surface area is 72.1 Å². The molecule has 26 valence electrons. The molecule has 0 fully saturated rings. The van der Waals surface area contributed by atoms with Crippen LogP contribution < -0.4 is 0 Å². The first kappa shape index (κ1) is 7.26. The van der Waals surface area contributed by atoms with Crippen molar-refractivity contribution in [1.29, 1.82) is 0 Å². The van der Waals surface area contributed by atoms with Crippen molar-refractivity contribution >= 4 is 0 Å². The van der Waals surface area contributed by atoms with Gasteiger partial charge in [0.05, 0.1) is 0 Å². The molecule has 5 heavy (non-hydrogen) atoms. The summed E-state index contributed by atoms with van der Waals surface area (Å²) in [4.78, 5) is 0. The summed E-state index contributed by atoms with van der Waals surface area (Å²) in [6.45, 7) is 0. The normalized spacial score (nSPS) is 4.80. The molecule has 0 bridgehead atoms. The fourth-order valence-electron chi connectivity index (χ4n) is 0.0170. The predicted molar refractivity (Wildman–Crippen MR) is 2.46 cm³/mol. The number of hydrogen-bond acceptors (Lipinski definition) is 3. The Morgan fingerprint density at radius 3 is 1.60 bits per heavy atom. The van der Waals surface area contributed by atoms with Gasteiger partial charge in [-0.15, -0.1) is 0 Å². The van der Waals surface area contributed by atoms with Crippen molar-refractivity contribution in [3.05, 3.63) is 0 Å². The minimum absolute atomic E-state index is 1.93. The molecule has 0 aliphatic heterocycles. The van der Waals surface area contributed by atoms with Crippen molar-refractivity contribution in [2.45, 2.75) is 0 Å². The average Bonchev–Trinajstić information content (AvgIpc) is 1.41. The maximum atomic E-state index is 9.35. The molecule has 0 unspecified atom stereocenters. The third kappa shape index (κ3) is 6.26. The molecule has 0 aromatic rings. The van der Waals surface area contributed by atoms with E-state index in [9.17, 15) is 2.10 Å². The Balaban J connectivity index is 2.65. The van der Waals surface area contributed by atoms with Crippen LogP contribution in [-0.4, -0.2) is 0 Å². The van der Waals surface area contributed by atoms with Crippen LogP contribution in [0.2, 0.25) is 0 Å². The van der Waals surface area contributed by atoms with Gasteiger partial charge in [0.25, 0.3) is 0 Å². The van der Waals surface area contributed by atoms with Crippen molar-refractivity contribution in [1.82, 2.24) is 0 Å². The number of hydrogen-bond donors (Lipinski definition) is 0. The van der Waals surface area contributed by atoms with Crippen molar-refractivity contribution in [3.8, 4) is 0 Å². The van der Waals surface area contributed by atoms with E-state index < -0.39 is 74.8 Å². The van der Waals surface area contributed by atoms with E-state index >= 15 is 0 Å². The zero-order chi connectivity index (χ0) is 4.12. The van der Waals surface area contributed by atoms with Gasteiger partial charge in [0.1, 0.15) is 0 Å². The molecule has 0 rings (SSSR count). The van der Waals surface area contributed by atoms with Gasteiger partial charge in [-0.1, -0.05) is 0 Å². The molecule has 0 radical (unpaired) electrons. The molecular formula is Nd2O3. The van der Waals surface area contributed by atoms with E-state index in [0.717, 1.165) is 0 Å². The van der Waals surface area contributed by atoms with E-state index in [4.69, 9.17) is 0 Å². The second-order valence-corrected chi connectivity index (χ2v) is 6.85. The van der Waals surface area contributed by atoms with E-state index in [-0.39, 0.29) is 0 Å². The molecular weight excluding hydrogens is 336 g/mol. The molecule has 0 heterocycles. The third-order valence-electron chi connectivity index (χ3n) is 0.0833. The van der Waals surface area contributed by atoms with Crippen LogP contribution >= 0.6 is 0 Å². The van der Waals surface area contributed by atoms with Crippen molar-refractivity contribution in [2.24, 2.45) is 0 Å². The van der Waals surface area contributed by atoms with Crippen molar-refractivity contribution in [2.75, 3.05) is 0 Å². The molecule has 0 saturated carbocycles. The fourth-order valence-corrected chi connectivity index (χ4v) is 0.936. The zero-order valence-corrected chi connectivity index (χ0v) is 8.64. The van der Waals surface area contributed by atoms with Gasteiger partial charge in [0.2, 0.25) is 0 Å². The van der Waals surface area contributed by atoms with Crippen LogP contribution in [0.25, 0.3) is 0 Å². The van der Waals surface area contributed by atoms with Gasteiger partial charge in [-0.25, -0.2) is 0 Å². The van der Waals surface area contributed by atoms with Gasteiger partial charge in [-0.3, -0.25) is 0 Å². The Bertz CT molecular complexity index is 34.2. The topological polar surface area (TPSA) is 43.4 Å². The van der Waals surface area contributed by atoms with Crippen LogP contribution in [0.1, 0.15) is 0 Å². The summed E-state index contributed by atoms with van der Waals surface area (Å²) in [5, 5.41) is 0. The van der Waals surface area contributed by atoms with Gasteiger partial charge < -0.3 is 0 Å². The van der Waals surface area contributed by atoms with Crippen LogP contribution in [0.3, 0.4) is 0 Å². The molecule has 0 spiro atoms. The summed E-state index contributed by atoms with van der Waals surface area (Å²) in [6, 6.07) is 0. The molecule has 0 saturated heterocycles. The van der Waals surface area contributed by atoms with Crippen molar-refractivity contribution in [3.63, 3.8) is 0 Å². The van der Waals surface area contributed by atoms with Crippen LogP contribution in [0.5, 0.6) is 0 Å². The Morgan fingerprint density at radius 2 is 1.60 bits per heavy atom. The summed E-state index contributed by atoms with van der Waals surface area (Å²) < 4.78 is 22.8. The molecule has 0 aromatic heterocycles. The second kappa shape index (κ2) is 6.26. The first-order valence-electron chi connectivity index (χ1n) is 0.816. The Hall–Kier alpha value is 2.26. The second-order valence-electron chi connectivity index (χ2n) is 0.269. The number of rotatable bonds is 2. The van der Waals surface area contributed by atoms with Crippen LogP contribution in [-0.2, 0) is -0.507 Å². The van der Waals surface area contributed by atoms with E-state index in [1.54, 1.807) is 0 Å². The van der Waals surface area contributed by atoms with Crippen LogP contribution in [0, 0.1) is 74.8 Å². The fraction of sp³-hybridized carbons (Fsp3) is 0. The summed E-state index contributed by atoms with van der Waals surface area (Å²) in [7, 11) is 0. The predicted octanol–water partition coefficient (Wildman–Crippen LogP) is -0.306. The van der Waals surface area contributed by atoms with Gasteiger partial charge in [-0.05, 0) is 0 Å². The van der Waals surface area contributed by atoms with Gasteiger partial charge in [0, 0.05) is 0 Å². The standard InChI is InChI=1S/2Nd.3O. The monoisotopic (exact) mass is 332 g/mol. The molecule has 0 atom stereocenters. The van der Waals surface area contributed by atoms with Gasteiger partial charge in [-0.2, -0.15) is 0 Å². The average molecular weight is 336 g/mol. The molecule has 0 aliphatic carbocycles. The van der Waals surface area contributed by atoms with Crippen LogP contribution in [0.15, 0.2) is 0 Å². The minimum atomic E-state index is -1.93. The van der Waals surface area contributed by atoms with Crippen LogP contribution in [0.4, 0.5) is 0 Å². The maximum absolute atomic E-state index is 9.35. The molecule has 3 nitrogen and oxygen atoms in total. The Kier molecular flexibility index (Phi) is 9.09. The van der Waals surface area contributed by atoms with E-state index in [0.29, 0.717) is 0 Å². The van der Waals surface area contributed by atoms with E-state index in [1.807, 2.05) is 0 Å². The molecule has 0 aliphatic rings. The zero-order valence-electron chi connectivity index (χ0n) is 2.22. The molecule has 0 aromatic carbocycles. The Morgan fingerprint density at radius 1 is 1.20 bits per heavy atom. The van der Waals surface area contributed by atoms with E-state index in [1.165, 1.54) is 0 Å². The quantitative estimate of drug-likeness (QED) is 0.695. The molecule has 0 N–H and O–H groups in total. The van der Waals surface area contributed by atoms with Gasteiger partial charge >= 0.3 is 74.3 Å². The third-order valence-corrected chi connectivity index (χ3v) is 4.58. The van der Waals surface area contributed by atoms with Crippen molar-refractivity contribution < 1.29 is 74.3 Å². The summed E-state index contributed by atoms with van der Waals surface area (Å²) in [6.07, 6.45) is 0. The molecule has 5 heteroatoms.